The summed E-state index contributed by atoms with van der Waals surface area (Å²) in [4.78, 5) is 52.6. The minimum absolute atomic E-state index is 0.127. The number of nitrogens with zero attached hydrogens (tertiary/aromatic N) is 1. The van der Waals surface area contributed by atoms with Crippen molar-refractivity contribution in [2.24, 2.45) is 0 Å². The predicted octanol–water partition coefficient (Wildman–Crippen LogP) is 3.48. The summed E-state index contributed by atoms with van der Waals surface area (Å²) in [5, 5.41) is 5.50. The molecule has 4 rings (SSSR count). The number of carbonyl (C=O) groups excluding carboxylic acids is 4. The van der Waals surface area contributed by atoms with Gasteiger partial charge in [0.05, 0.1) is 11.1 Å². The van der Waals surface area contributed by atoms with Gasteiger partial charge in [-0.3, -0.25) is 19.2 Å². The Bertz CT molecular complexity index is 1320. The lowest BCUT2D eigenvalue weighted by Gasteiger charge is -2.40. The van der Waals surface area contributed by atoms with Crippen LogP contribution in [0.15, 0.2) is 48.7 Å². The van der Waals surface area contributed by atoms with E-state index in [-0.39, 0.29) is 18.8 Å². The molecule has 2 heterocycles. The molecule has 11 heteroatoms. The average molecular weight is 527 g/mol. The van der Waals surface area contributed by atoms with E-state index in [0.717, 1.165) is 22.1 Å². The zero-order valence-electron chi connectivity index (χ0n) is 20.5. The lowest BCUT2D eigenvalue weighted by Crippen LogP contribution is -2.55. The molecule has 0 saturated carbocycles. The Morgan fingerprint density at radius 1 is 1.00 bits per heavy atom. The topological polar surface area (TPSA) is 130 Å². The molecule has 1 saturated heterocycles. The number of hydrogen-bond donors (Lipinski definition) is 1. The fourth-order valence-electron chi connectivity index (χ4n) is 4.08. The highest BCUT2D eigenvalue weighted by atomic mass is 32.1. The van der Waals surface area contributed by atoms with E-state index in [9.17, 15) is 19.2 Å². The number of carbonyl (C=O) groups is 4. The van der Waals surface area contributed by atoms with Crippen LogP contribution in [-0.4, -0.2) is 59.8 Å². The Kier molecular flexibility index (Phi) is 8.14. The number of hydrogen-bond acceptors (Lipinski definition) is 11. The molecule has 1 fully saturated rings. The Morgan fingerprint density at radius 3 is 2.43 bits per heavy atom. The normalized spacial score (nSPS) is 21.2. The molecule has 3 aromatic rings. The van der Waals surface area contributed by atoms with Crippen LogP contribution in [0.3, 0.4) is 0 Å². The standard InChI is InChI=1S/C26H26N2O8S/c1-14(29)33-13-21-25(35-16(3)31)20(34-15(2)30)11-23(36-21)28-26-27-12-22(37-26)24(32)19-9-8-17-6-4-5-7-18(17)10-19/h4-10,12,20-21,23,25H,11,13H2,1-3H3,(H,27,28)/t20-,21?,23+,25?/m1/s1. The second kappa shape index (κ2) is 11.5. The number of benzene rings is 2. The van der Waals surface area contributed by atoms with E-state index >= 15 is 0 Å². The van der Waals surface area contributed by atoms with Gasteiger partial charge < -0.3 is 24.3 Å². The van der Waals surface area contributed by atoms with Gasteiger partial charge in [0.15, 0.2) is 11.2 Å². The van der Waals surface area contributed by atoms with Crippen LogP contribution < -0.4 is 5.32 Å². The summed E-state index contributed by atoms with van der Waals surface area (Å²) in [5.41, 5.74) is 0.545. The van der Waals surface area contributed by atoms with Crippen LogP contribution in [0.2, 0.25) is 0 Å². The van der Waals surface area contributed by atoms with Crippen LogP contribution in [0.4, 0.5) is 5.13 Å². The van der Waals surface area contributed by atoms with E-state index in [0.29, 0.717) is 15.6 Å². The lowest BCUT2D eigenvalue weighted by atomic mass is 10.0. The number of aromatic nitrogens is 1. The van der Waals surface area contributed by atoms with Crippen LogP contribution in [0.25, 0.3) is 10.8 Å². The molecular formula is C26H26N2O8S. The summed E-state index contributed by atoms with van der Waals surface area (Å²) in [6.45, 7) is 3.50. The first-order chi connectivity index (χ1) is 17.7. The van der Waals surface area contributed by atoms with Crippen molar-refractivity contribution < 1.29 is 38.1 Å². The molecule has 1 aliphatic heterocycles. The average Bonchev–Trinajstić information content (AvgIpc) is 3.31. The molecule has 37 heavy (non-hydrogen) atoms. The molecule has 0 bridgehead atoms. The third kappa shape index (κ3) is 6.69. The number of ketones is 1. The number of fused-ring (bicyclic) bond motifs is 1. The highest BCUT2D eigenvalue weighted by Crippen LogP contribution is 2.29. The van der Waals surface area contributed by atoms with Crippen LogP contribution >= 0.6 is 11.3 Å². The maximum Gasteiger partial charge on any atom is 0.303 e. The third-order valence-corrected chi connectivity index (χ3v) is 6.54. The largest absolute Gasteiger partial charge is 0.463 e. The van der Waals surface area contributed by atoms with Crippen molar-refractivity contribution in [2.45, 2.75) is 51.7 Å². The van der Waals surface area contributed by atoms with Crippen molar-refractivity contribution in [3.8, 4) is 0 Å². The zero-order valence-corrected chi connectivity index (χ0v) is 21.3. The van der Waals surface area contributed by atoms with Crippen LogP contribution in [0, 0.1) is 0 Å². The second-order valence-corrected chi connectivity index (χ2v) is 9.52. The van der Waals surface area contributed by atoms with E-state index in [1.54, 1.807) is 6.07 Å². The molecule has 1 aliphatic rings. The third-order valence-electron chi connectivity index (χ3n) is 5.61. The van der Waals surface area contributed by atoms with Gasteiger partial charge in [-0.1, -0.05) is 47.7 Å². The molecule has 0 amide bonds. The summed E-state index contributed by atoms with van der Waals surface area (Å²) in [6, 6.07) is 13.3. The second-order valence-electron chi connectivity index (χ2n) is 8.49. The smallest absolute Gasteiger partial charge is 0.303 e. The van der Waals surface area contributed by atoms with Crippen molar-refractivity contribution in [2.75, 3.05) is 11.9 Å². The minimum atomic E-state index is -0.972. The maximum absolute atomic E-state index is 13.1. The van der Waals surface area contributed by atoms with Crippen molar-refractivity contribution in [1.82, 2.24) is 4.98 Å². The van der Waals surface area contributed by atoms with Crippen LogP contribution in [0.1, 0.15) is 42.4 Å². The van der Waals surface area contributed by atoms with Gasteiger partial charge in [-0.25, -0.2) is 4.98 Å². The van der Waals surface area contributed by atoms with E-state index < -0.39 is 42.4 Å². The number of esters is 3. The van der Waals surface area contributed by atoms with Crippen LogP contribution in [-0.2, 0) is 33.3 Å². The molecule has 0 spiro atoms. The fourth-order valence-corrected chi connectivity index (χ4v) is 4.90. The van der Waals surface area contributed by atoms with Crippen molar-refractivity contribution >= 4 is 50.9 Å². The molecule has 2 unspecified atom stereocenters. The number of thiazole rings is 1. The van der Waals surface area contributed by atoms with Gasteiger partial charge in [-0.05, 0) is 16.8 Å². The maximum atomic E-state index is 13.1. The molecule has 0 aliphatic carbocycles. The van der Waals surface area contributed by atoms with E-state index in [1.165, 1.54) is 27.0 Å². The van der Waals surface area contributed by atoms with Crippen LogP contribution in [0.5, 0.6) is 0 Å². The quantitative estimate of drug-likeness (QED) is 0.264. The SMILES string of the molecule is CC(=O)OCC1O[C@H](Nc2ncc(C(=O)c3ccc4ccccc4c3)s2)C[C@@H](OC(C)=O)C1OC(C)=O. The lowest BCUT2D eigenvalue weighted by molar-refractivity contribution is -0.211. The predicted molar refractivity (Wildman–Crippen MR) is 134 cm³/mol. The first-order valence-corrected chi connectivity index (χ1v) is 12.4. The Labute approximate surface area is 216 Å². The van der Waals surface area contributed by atoms with E-state index in [4.69, 9.17) is 18.9 Å². The summed E-state index contributed by atoms with van der Waals surface area (Å²) < 4.78 is 21.8. The highest BCUT2D eigenvalue weighted by Gasteiger charge is 2.44. The van der Waals surface area contributed by atoms with E-state index in [1.807, 2.05) is 36.4 Å². The summed E-state index contributed by atoms with van der Waals surface area (Å²) in [5.74, 6) is -1.87. The number of anilines is 1. The molecule has 0 radical (unpaired) electrons. The molecular weight excluding hydrogens is 500 g/mol. The van der Waals surface area contributed by atoms with Crippen molar-refractivity contribution in [3.63, 3.8) is 0 Å². The molecule has 1 N–H and O–H groups in total. The molecule has 10 nitrogen and oxygen atoms in total. The Balaban J connectivity index is 1.50. The first kappa shape index (κ1) is 26.2. The molecule has 1 aromatic heterocycles. The summed E-state index contributed by atoms with van der Waals surface area (Å²) in [6.07, 6.45) is -1.85. The number of rotatable bonds is 8. The van der Waals surface area contributed by atoms with Crippen molar-refractivity contribution in [1.29, 1.82) is 0 Å². The van der Waals surface area contributed by atoms with E-state index in [2.05, 4.69) is 10.3 Å². The van der Waals surface area contributed by atoms with Gasteiger partial charge in [0, 0.05) is 32.8 Å². The summed E-state index contributed by atoms with van der Waals surface area (Å²) >= 11 is 1.15. The molecule has 4 atom stereocenters. The molecule has 2 aromatic carbocycles. The van der Waals surface area contributed by atoms with Gasteiger partial charge in [-0.15, -0.1) is 0 Å². The zero-order chi connectivity index (χ0) is 26.5. The fraction of sp³-hybridized carbons (Fsp3) is 0.346. The minimum Gasteiger partial charge on any atom is -0.463 e. The van der Waals surface area contributed by atoms with Gasteiger partial charge in [-0.2, -0.15) is 0 Å². The van der Waals surface area contributed by atoms with Crippen molar-refractivity contribution in [3.05, 3.63) is 59.1 Å². The molecule has 194 valence electrons. The Morgan fingerprint density at radius 2 is 1.73 bits per heavy atom. The monoisotopic (exact) mass is 526 g/mol. The number of ether oxygens (including phenoxy) is 4. The first-order valence-electron chi connectivity index (χ1n) is 11.6. The summed E-state index contributed by atoms with van der Waals surface area (Å²) in [7, 11) is 0. The van der Waals surface area contributed by atoms with Gasteiger partial charge in [0.2, 0.25) is 5.78 Å². The van der Waals surface area contributed by atoms with Gasteiger partial charge in [0.1, 0.15) is 25.0 Å². The van der Waals surface area contributed by atoms with Gasteiger partial charge >= 0.3 is 17.9 Å². The van der Waals surface area contributed by atoms with Gasteiger partial charge in [0.25, 0.3) is 0 Å². The Hall–Kier alpha value is -3.83. The number of nitrogens with one attached hydrogen (secondary N) is 1. The highest BCUT2D eigenvalue weighted by molar-refractivity contribution is 7.17.